The Morgan fingerprint density at radius 2 is 1.59 bits per heavy atom. The van der Waals surface area contributed by atoms with E-state index in [0.29, 0.717) is 22.9 Å². The van der Waals surface area contributed by atoms with E-state index in [1.807, 2.05) is 0 Å². The second-order valence-corrected chi connectivity index (χ2v) is 5.32. The van der Waals surface area contributed by atoms with Gasteiger partial charge in [0.2, 0.25) is 11.7 Å². The number of ether oxygens (including phenoxy) is 3. The van der Waals surface area contributed by atoms with E-state index in [4.69, 9.17) is 14.2 Å². The maximum absolute atomic E-state index is 13.0. The average Bonchev–Trinajstić information content (AvgIpc) is 2.65. The van der Waals surface area contributed by atoms with E-state index < -0.39 is 17.6 Å². The summed E-state index contributed by atoms with van der Waals surface area (Å²) in [5.74, 6) is 0.408. The molecule has 27 heavy (non-hydrogen) atoms. The molecule has 0 aliphatic rings. The first-order chi connectivity index (χ1) is 12.8. The highest BCUT2D eigenvalue weighted by molar-refractivity contribution is 6.02. The van der Waals surface area contributed by atoms with Gasteiger partial charge in [0.05, 0.1) is 26.9 Å². The number of hydrogen-bond acceptors (Lipinski definition) is 4. The summed E-state index contributed by atoms with van der Waals surface area (Å²) in [6, 6.07) is 8.01. The average molecular weight is 381 g/mol. The van der Waals surface area contributed by atoms with Crippen LogP contribution >= 0.6 is 0 Å². The van der Waals surface area contributed by atoms with Crippen LogP contribution < -0.4 is 19.5 Å². The molecule has 0 unspecified atom stereocenters. The van der Waals surface area contributed by atoms with Crippen LogP contribution in [-0.4, -0.2) is 27.2 Å². The second kappa shape index (κ2) is 8.48. The first-order valence-corrected chi connectivity index (χ1v) is 7.75. The van der Waals surface area contributed by atoms with Crippen molar-refractivity contribution in [3.8, 4) is 17.2 Å². The first kappa shape index (κ1) is 20.2. The molecule has 8 heteroatoms. The molecule has 0 aliphatic heterocycles. The van der Waals surface area contributed by atoms with Gasteiger partial charge in [0.15, 0.2) is 11.5 Å². The SMILES string of the molecule is COc1cc(NC(=O)/C=C/c2ccccc2C(F)(F)F)cc(OC)c1OC. The Labute approximate surface area is 154 Å². The molecule has 5 nitrogen and oxygen atoms in total. The molecular weight excluding hydrogens is 363 g/mol. The topological polar surface area (TPSA) is 56.8 Å². The summed E-state index contributed by atoms with van der Waals surface area (Å²) in [4.78, 5) is 12.1. The number of alkyl halides is 3. The summed E-state index contributed by atoms with van der Waals surface area (Å²) in [6.07, 6.45) is -2.38. The van der Waals surface area contributed by atoms with Gasteiger partial charge >= 0.3 is 6.18 Å². The molecule has 0 fully saturated rings. The predicted molar refractivity (Wildman–Crippen MR) is 95.2 cm³/mol. The smallest absolute Gasteiger partial charge is 0.416 e. The molecule has 0 heterocycles. The molecule has 2 aromatic carbocycles. The van der Waals surface area contributed by atoms with Gasteiger partial charge in [-0.1, -0.05) is 18.2 Å². The zero-order chi connectivity index (χ0) is 20.0. The van der Waals surface area contributed by atoms with Crippen LogP contribution in [0.5, 0.6) is 17.2 Å². The van der Waals surface area contributed by atoms with Gasteiger partial charge in [-0.25, -0.2) is 0 Å². The third kappa shape index (κ3) is 4.93. The van der Waals surface area contributed by atoms with Crippen molar-refractivity contribution in [2.24, 2.45) is 0 Å². The fraction of sp³-hybridized carbons (Fsp3) is 0.211. The van der Waals surface area contributed by atoms with Crippen molar-refractivity contribution in [3.05, 3.63) is 53.6 Å². The Morgan fingerprint density at radius 1 is 1.00 bits per heavy atom. The monoisotopic (exact) mass is 381 g/mol. The minimum atomic E-state index is -4.51. The highest BCUT2D eigenvalue weighted by Gasteiger charge is 2.32. The van der Waals surface area contributed by atoms with E-state index in [0.717, 1.165) is 18.2 Å². The van der Waals surface area contributed by atoms with Crippen molar-refractivity contribution in [3.63, 3.8) is 0 Å². The second-order valence-electron chi connectivity index (χ2n) is 5.32. The number of benzene rings is 2. The molecule has 0 saturated carbocycles. The first-order valence-electron chi connectivity index (χ1n) is 7.75. The molecule has 0 spiro atoms. The van der Waals surface area contributed by atoms with Crippen molar-refractivity contribution < 1.29 is 32.2 Å². The van der Waals surface area contributed by atoms with Crippen molar-refractivity contribution in [2.75, 3.05) is 26.6 Å². The zero-order valence-electron chi connectivity index (χ0n) is 14.9. The number of carbonyl (C=O) groups excluding carboxylic acids is 1. The Hall–Kier alpha value is -3.16. The fourth-order valence-electron chi connectivity index (χ4n) is 2.40. The van der Waals surface area contributed by atoms with Crippen LogP contribution in [0.15, 0.2) is 42.5 Å². The van der Waals surface area contributed by atoms with Gasteiger partial charge in [0.25, 0.3) is 0 Å². The molecule has 2 aromatic rings. The molecule has 0 aliphatic carbocycles. The van der Waals surface area contributed by atoms with Crippen LogP contribution in [0.25, 0.3) is 6.08 Å². The number of hydrogen-bond donors (Lipinski definition) is 1. The number of carbonyl (C=O) groups is 1. The zero-order valence-corrected chi connectivity index (χ0v) is 14.9. The summed E-state index contributed by atoms with van der Waals surface area (Å²) in [5.41, 5.74) is -0.588. The molecule has 0 aromatic heterocycles. The van der Waals surface area contributed by atoms with Gasteiger partial charge < -0.3 is 19.5 Å². The van der Waals surface area contributed by atoms with Crippen molar-refractivity contribution in [1.29, 1.82) is 0 Å². The van der Waals surface area contributed by atoms with E-state index in [-0.39, 0.29) is 5.56 Å². The van der Waals surface area contributed by atoms with Crippen LogP contribution in [0, 0.1) is 0 Å². The molecule has 1 N–H and O–H groups in total. The molecule has 2 rings (SSSR count). The third-order valence-electron chi connectivity index (χ3n) is 3.61. The van der Waals surface area contributed by atoms with Crippen molar-refractivity contribution in [1.82, 2.24) is 0 Å². The van der Waals surface area contributed by atoms with Gasteiger partial charge in [-0.3, -0.25) is 4.79 Å². The van der Waals surface area contributed by atoms with E-state index in [9.17, 15) is 18.0 Å². The van der Waals surface area contributed by atoms with Crippen LogP contribution in [0.4, 0.5) is 18.9 Å². The maximum Gasteiger partial charge on any atom is 0.416 e. The van der Waals surface area contributed by atoms with Gasteiger partial charge in [-0.15, -0.1) is 0 Å². The molecule has 1 amide bonds. The summed E-state index contributed by atoms with van der Waals surface area (Å²) >= 11 is 0. The summed E-state index contributed by atoms with van der Waals surface area (Å²) in [5, 5.41) is 2.55. The lowest BCUT2D eigenvalue weighted by Crippen LogP contribution is -2.09. The van der Waals surface area contributed by atoms with Crippen LogP contribution in [-0.2, 0) is 11.0 Å². The summed E-state index contributed by atoms with van der Waals surface area (Å²) in [6.45, 7) is 0. The molecule has 0 atom stereocenters. The fourth-order valence-corrected chi connectivity index (χ4v) is 2.40. The van der Waals surface area contributed by atoms with Gasteiger partial charge in [-0.2, -0.15) is 13.2 Å². The van der Waals surface area contributed by atoms with Gasteiger partial charge in [-0.05, 0) is 17.7 Å². The summed E-state index contributed by atoms with van der Waals surface area (Å²) < 4.78 is 54.5. The number of amides is 1. The lowest BCUT2D eigenvalue weighted by atomic mass is 10.1. The van der Waals surface area contributed by atoms with Crippen molar-refractivity contribution >= 4 is 17.7 Å². The molecule has 0 saturated heterocycles. The number of nitrogens with one attached hydrogen (secondary N) is 1. The Kier molecular flexibility index (Phi) is 6.33. The molecular formula is C19H18F3NO4. The van der Waals surface area contributed by atoms with Gasteiger partial charge in [0, 0.05) is 23.9 Å². The predicted octanol–water partition coefficient (Wildman–Crippen LogP) is 4.38. The largest absolute Gasteiger partial charge is 0.493 e. The number of rotatable bonds is 6. The third-order valence-corrected chi connectivity index (χ3v) is 3.61. The molecule has 0 radical (unpaired) electrons. The Morgan fingerprint density at radius 3 is 2.11 bits per heavy atom. The highest BCUT2D eigenvalue weighted by Crippen LogP contribution is 2.40. The molecule has 0 bridgehead atoms. The normalized spacial score (nSPS) is 11.3. The quantitative estimate of drug-likeness (QED) is 0.755. The molecule has 144 valence electrons. The van der Waals surface area contributed by atoms with E-state index in [2.05, 4.69) is 5.32 Å². The maximum atomic E-state index is 13.0. The Balaban J connectivity index is 2.23. The van der Waals surface area contributed by atoms with E-state index >= 15 is 0 Å². The Bertz CT molecular complexity index is 822. The minimum Gasteiger partial charge on any atom is -0.493 e. The number of methoxy groups -OCH3 is 3. The minimum absolute atomic E-state index is 0.106. The van der Waals surface area contributed by atoms with Crippen LogP contribution in [0.3, 0.4) is 0 Å². The lowest BCUT2D eigenvalue weighted by molar-refractivity contribution is -0.137. The van der Waals surface area contributed by atoms with E-state index in [1.165, 1.54) is 51.7 Å². The standard InChI is InChI=1S/C19H18F3NO4/c1-25-15-10-13(11-16(26-2)18(15)27-3)23-17(24)9-8-12-6-4-5-7-14(12)19(20,21)22/h4-11H,1-3H3,(H,23,24)/b9-8+. The lowest BCUT2D eigenvalue weighted by Gasteiger charge is -2.14. The highest BCUT2D eigenvalue weighted by atomic mass is 19.4. The van der Waals surface area contributed by atoms with Crippen LogP contribution in [0.1, 0.15) is 11.1 Å². The number of halogens is 3. The summed E-state index contributed by atoms with van der Waals surface area (Å²) in [7, 11) is 4.30. The number of anilines is 1. The van der Waals surface area contributed by atoms with Crippen molar-refractivity contribution in [2.45, 2.75) is 6.18 Å². The van der Waals surface area contributed by atoms with E-state index in [1.54, 1.807) is 0 Å². The van der Waals surface area contributed by atoms with Crippen LogP contribution in [0.2, 0.25) is 0 Å². The van der Waals surface area contributed by atoms with Gasteiger partial charge in [0.1, 0.15) is 0 Å².